The van der Waals surface area contributed by atoms with Gasteiger partial charge in [-0.05, 0) is 25.3 Å². The molecule has 130 valence electrons. The number of hydrogen-bond acceptors (Lipinski definition) is 2. The van der Waals surface area contributed by atoms with E-state index in [0.717, 1.165) is 38.8 Å². The Balaban J connectivity index is 1.90. The Kier molecular flexibility index (Phi) is 5.17. The zero-order valence-electron chi connectivity index (χ0n) is 14.2. The van der Waals surface area contributed by atoms with Crippen LogP contribution in [0.15, 0.2) is 24.3 Å². The predicted molar refractivity (Wildman–Crippen MR) is 89.7 cm³/mol. The first-order valence-electron chi connectivity index (χ1n) is 8.88. The third-order valence-electron chi connectivity index (χ3n) is 5.32. The zero-order valence-corrected chi connectivity index (χ0v) is 14.2. The molecule has 0 saturated carbocycles. The summed E-state index contributed by atoms with van der Waals surface area (Å²) < 4.78 is 14.4. The van der Waals surface area contributed by atoms with Crippen LogP contribution in [-0.2, 0) is 9.59 Å². The van der Waals surface area contributed by atoms with Crippen molar-refractivity contribution in [2.75, 3.05) is 20.1 Å². The number of halogens is 1. The third kappa shape index (κ3) is 3.30. The van der Waals surface area contributed by atoms with Gasteiger partial charge in [0.2, 0.25) is 11.8 Å². The topological polar surface area (TPSA) is 40.6 Å². The summed E-state index contributed by atoms with van der Waals surface area (Å²) in [6, 6.07) is 5.98. The van der Waals surface area contributed by atoms with Crippen molar-refractivity contribution in [1.29, 1.82) is 0 Å². The molecule has 0 N–H and O–H groups in total. The van der Waals surface area contributed by atoms with Gasteiger partial charge in [0.25, 0.3) is 0 Å². The lowest BCUT2D eigenvalue weighted by Gasteiger charge is -2.40. The fraction of sp³-hybridized carbons (Fsp3) is 0.579. The van der Waals surface area contributed by atoms with Crippen LogP contribution in [0.5, 0.6) is 0 Å². The van der Waals surface area contributed by atoms with Crippen LogP contribution in [0.2, 0.25) is 0 Å². The molecule has 2 aliphatic rings. The molecule has 0 aliphatic carbocycles. The van der Waals surface area contributed by atoms with Crippen molar-refractivity contribution < 1.29 is 14.0 Å². The van der Waals surface area contributed by atoms with Crippen molar-refractivity contribution in [3.63, 3.8) is 0 Å². The molecular formula is C19H25FN2O2. The van der Waals surface area contributed by atoms with Crippen molar-refractivity contribution in [1.82, 2.24) is 9.80 Å². The Morgan fingerprint density at radius 2 is 1.79 bits per heavy atom. The summed E-state index contributed by atoms with van der Waals surface area (Å²) in [5.41, 5.74) is 0.446. The Morgan fingerprint density at radius 3 is 2.46 bits per heavy atom. The van der Waals surface area contributed by atoms with Crippen LogP contribution in [0.4, 0.5) is 4.39 Å². The van der Waals surface area contributed by atoms with Crippen molar-refractivity contribution in [3.05, 3.63) is 35.6 Å². The number of carbonyl (C=O) groups is 2. The Bertz CT molecular complexity index is 611. The van der Waals surface area contributed by atoms with E-state index in [1.54, 1.807) is 30.1 Å². The van der Waals surface area contributed by atoms with E-state index in [0.29, 0.717) is 18.4 Å². The van der Waals surface area contributed by atoms with Crippen LogP contribution >= 0.6 is 0 Å². The van der Waals surface area contributed by atoms with Crippen LogP contribution in [0.1, 0.15) is 50.1 Å². The van der Waals surface area contributed by atoms with Crippen LogP contribution in [-0.4, -0.2) is 41.8 Å². The lowest BCUT2D eigenvalue weighted by Crippen LogP contribution is -2.48. The zero-order chi connectivity index (χ0) is 17.1. The molecule has 0 aromatic heterocycles. The number of likely N-dealkylation sites (tertiary alicyclic amines) is 2. The molecule has 2 aliphatic heterocycles. The Hall–Kier alpha value is -1.91. The van der Waals surface area contributed by atoms with Gasteiger partial charge >= 0.3 is 0 Å². The second-order valence-electron chi connectivity index (χ2n) is 6.86. The molecule has 4 nitrogen and oxygen atoms in total. The molecule has 24 heavy (non-hydrogen) atoms. The molecule has 2 amide bonds. The normalized spacial score (nSPS) is 25.5. The smallest absolute Gasteiger partial charge is 0.228 e. The van der Waals surface area contributed by atoms with E-state index in [-0.39, 0.29) is 23.5 Å². The molecule has 0 unspecified atom stereocenters. The van der Waals surface area contributed by atoms with Gasteiger partial charge in [-0.2, -0.15) is 0 Å². The van der Waals surface area contributed by atoms with Gasteiger partial charge in [0, 0.05) is 32.1 Å². The average Bonchev–Trinajstić information content (AvgIpc) is 2.87. The molecule has 5 heteroatoms. The van der Waals surface area contributed by atoms with E-state index in [1.807, 2.05) is 4.90 Å². The van der Waals surface area contributed by atoms with E-state index in [9.17, 15) is 14.0 Å². The van der Waals surface area contributed by atoms with Crippen molar-refractivity contribution in [3.8, 4) is 0 Å². The fourth-order valence-electron chi connectivity index (χ4n) is 3.96. The molecule has 2 heterocycles. The monoisotopic (exact) mass is 332 g/mol. The van der Waals surface area contributed by atoms with E-state index in [2.05, 4.69) is 0 Å². The van der Waals surface area contributed by atoms with E-state index >= 15 is 0 Å². The number of rotatable bonds is 2. The Labute approximate surface area is 142 Å². The number of piperidine rings is 1. The summed E-state index contributed by atoms with van der Waals surface area (Å²) in [4.78, 5) is 28.8. The van der Waals surface area contributed by atoms with E-state index in [1.165, 1.54) is 6.07 Å². The molecule has 2 fully saturated rings. The highest BCUT2D eigenvalue weighted by atomic mass is 19.1. The predicted octanol–water partition coefficient (Wildman–Crippen LogP) is 3.14. The molecule has 1 aromatic rings. The third-order valence-corrected chi connectivity index (χ3v) is 5.32. The first kappa shape index (κ1) is 16.9. The lowest BCUT2D eigenvalue weighted by molar-refractivity contribution is -0.146. The van der Waals surface area contributed by atoms with E-state index < -0.39 is 6.04 Å². The molecular weight excluding hydrogens is 307 g/mol. The second-order valence-corrected chi connectivity index (χ2v) is 6.86. The number of benzene rings is 1. The van der Waals surface area contributed by atoms with Gasteiger partial charge in [-0.1, -0.05) is 31.0 Å². The minimum absolute atomic E-state index is 0.0248. The van der Waals surface area contributed by atoms with Gasteiger partial charge in [0.1, 0.15) is 5.82 Å². The molecule has 0 radical (unpaired) electrons. The fourth-order valence-corrected chi connectivity index (χ4v) is 3.96. The van der Waals surface area contributed by atoms with Gasteiger partial charge in [-0.15, -0.1) is 0 Å². The van der Waals surface area contributed by atoms with Crippen molar-refractivity contribution >= 4 is 11.8 Å². The summed E-state index contributed by atoms with van der Waals surface area (Å²) >= 11 is 0. The summed E-state index contributed by atoms with van der Waals surface area (Å²) in [7, 11) is 1.68. The second kappa shape index (κ2) is 7.32. The summed E-state index contributed by atoms with van der Waals surface area (Å²) in [6.45, 7) is 1.55. The molecule has 1 aromatic carbocycles. The first-order valence-corrected chi connectivity index (χ1v) is 8.88. The summed E-state index contributed by atoms with van der Waals surface area (Å²) in [6.07, 6.45) is 5.21. The number of hydrogen-bond donors (Lipinski definition) is 0. The van der Waals surface area contributed by atoms with Crippen LogP contribution in [0.3, 0.4) is 0 Å². The Morgan fingerprint density at radius 1 is 1.12 bits per heavy atom. The molecule has 0 bridgehead atoms. The van der Waals surface area contributed by atoms with Crippen LogP contribution in [0.25, 0.3) is 0 Å². The first-order chi connectivity index (χ1) is 11.6. The van der Waals surface area contributed by atoms with Gasteiger partial charge in [0.05, 0.1) is 12.0 Å². The standard InChI is InChI=1S/C19H25FN2O2/c1-21-17(23)11-10-15(18(21)14-8-4-5-9-16(14)20)19(24)22-12-6-2-3-7-13-22/h4-5,8-9,15,18H,2-3,6-7,10-13H2,1H3/t15-,18+/m0/s1. The van der Waals surface area contributed by atoms with Crippen molar-refractivity contribution in [2.24, 2.45) is 5.92 Å². The average molecular weight is 332 g/mol. The minimum atomic E-state index is -0.511. The van der Waals surface area contributed by atoms with Gasteiger partial charge in [-0.3, -0.25) is 9.59 Å². The highest BCUT2D eigenvalue weighted by molar-refractivity contribution is 5.85. The number of carbonyl (C=O) groups excluding carboxylic acids is 2. The van der Waals surface area contributed by atoms with Crippen molar-refractivity contribution in [2.45, 2.75) is 44.6 Å². The van der Waals surface area contributed by atoms with Crippen LogP contribution < -0.4 is 0 Å². The lowest BCUT2D eigenvalue weighted by atomic mass is 9.83. The highest BCUT2D eigenvalue weighted by Crippen LogP contribution is 2.38. The van der Waals surface area contributed by atoms with Gasteiger partial charge in [-0.25, -0.2) is 4.39 Å². The molecule has 2 atom stereocenters. The summed E-state index contributed by atoms with van der Waals surface area (Å²) in [5.74, 6) is -0.659. The van der Waals surface area contributed by atoms with Gasteiger partial charge in [0.15, 0.2) is 0 Å². The largest absolute Gasteiger partial charge is 0.342 e. The number of amides is 2. The summed E-state index contributed by atoms with van der Waals surface area (Å²) in [5, 5.41) is 0. The maximum atomic E-state index is 14.4. The maximum absolute atomic E-state index is 14.4. The SMILES string of the molecule is CN1C(=O)CC[C@H](C(=O)N2CCCCCC2)[C@H]1c1ccccc1F. The molecule has 3 rings (SSSR count). The quantitative estimate of drug-likeness (QED) is 0.835. The van der Waals surface area contributed by atoms with E-state index in [4.69, 9.17) is 0 Å². The number of nitrogens with zero attached hydrogens (tertiary/aromatic N) is 2. The molecule has 0 spiro atoms. The maximum Gasteiger partial charge on any atom is 0.228 e. The highest BCUT2D eigenvalue weighted by Gasteiger charge is 2.41. The van der Waals surface area contributed by atoms with Crippen LogP contribution in [0, 0.1) is 11.7 Å². The minimum Gasteiger partial charge on any atom is -0.342 e. The molecule has 2 saturated heterocycles. The van der Waals surface area contributed by atoms with Gasteiger partial charge < -0.3 is 9.80 Å².